The van der Waals surface area contributed by atoms with Gasteiger partial charge in [-0.3, -0.25) is 0 Å². The van der Waals surface area contributed by atoms with Crippen molar-refractivity contribution in [2.24, 2.45) is 5.92 Å². The highest BCUT2D eigenvalue weighted by atomic mass is 16.5. The molecule has 2 unspecified atom stereocenters. The van der Waals surface area contributed by atoms with E-state index in [0.29, 0.717) is 12.0 Å². The molecule has 0 spiro atoms. The van der Waals surface area contributed by atoms with Gasteiger partial charge < -0.3 is 10.1 Å². The fourth-order valence-corrected chi connectivity index (χ4v) is 2.57. The van der Waals surface area contributed by atoms with E-state index in [1.54, 1.807) is 0 Å². The SMILES string of the molecule is CCOC(CC)(CC)C(NC)C(C)CC. The van der Waals surface area contributed by atoms with E-state index in [4.69, 9.17) is 4.74 Å². The number of hydrogen-bond donors (Lipinski definition) is 1. The molecule has 0 fully saturated rings. The van der Waals surface area contributed by atoms with Gasteiger partial charge in [-0.25, -0.2) is 0 Å². The van der Waals surface area contributed by atoms with Crippen LogP contribution in [0.3, 0.4) is 0 Å². The van der Waals surface area contributed by atoms with Crippen LogP contribution in [0.2, 0.25) is 0 Å². The second-order valence-corrected chi connectivity index (χ2v) is 4.36. The van der Waals surface area contributed by atoms with Gasteiger partial charge in [0.15, 0.2) is 0 Å². The Morgan fingerprint density at radius 1 is 1.13 bits per heavy atom. The molecule has 92 valence electrons. The summed E-state index contributed by atoms with van der Waals surface area (Å²) in [6.45, 7) is 11.9. The molecule has 0 rings (SSSR count). The van der Waals surface area contributed by atoms with E-state index in [2.05, 4.69) is 47.0 Å². The fourth-order valence-electron chi connectivity index (χ4n) is 2.57. The molecule has 0 saturated carbocycles. The Balaban J connectivity index is 4.81. The summed E-state index contributed by atoms with van der Waals surface area (Å²) in [5.41, 5.74) is 0.0128. The van der Waals surface area contributed by atoms with Crippen molar-refractivity contribution in [1.29, 1.82) is 0 Å². The number of hydrogen-bond acceptors (Lipinski definition) is 2. The molecule has 15 heavy (non-hydrogen) atoms. The van der Waals surface area contributed by atoms with Crippen molar-refractivity contribution in [3.05, 3.63) is 0 Å². The largest absolute Gasteiger partial charge is 0.374 e. The van der Waals surface area contributed by atoms with Gasteiger partial charge in [0, 0.05) is 12.6 Å². The van der Waals surface area contributed by atoms with Crippen LogP contribution in [-0.4, -0.2) is 25.3 Å². The van der Waals surface area contributed by atoms with Crippen LogP contribution >= 0.6 is 0 Å². The van der Waals surface area contributed by atoms with Crippen molar-refractivity contribution in [2.45, 2.75) is 65.5 Å². The number of rotatable bonds is 8. The zero-order valence-electron chi connectivity index (χ0n) is 11.4. The van der Waals surface area contributed by atoms with Gasteiger partial charge in [-0.15, -0.1) is 0 Å². The van der Waals surface area contributed by atoms with Gasteiger partial charge in [0.2, 0.25) is 0 Å². The third-order valence-corrected chi connectivity index (χ3v) is 3.72. The highest BCUT2D eigenvalue weighted by Gasteiger charge is 2.37. The lowest BCUT2D eigenvalue weighted by Crippen LogP contribution is -2.54. The van der Waals surface area contributed by atoms with Gasteiger partial charge in [-0.2, -0.15) is 0 Å². The Morgan fingerprint density at radius 3 is 1.93 bits per heavy atom. The molecule has 0 aromatic rings. The van der Waals surface area contributed by atoms with E-state index in [1.807, 2.05) is 0 Å². The highest BCUT2D eigenvalue weighted by Crippen LogP contribution is 2.30. The maximum Gasteiger partial charge on any atom is 0.0831 e. The molecule has 0 heterocycles. The zero-order chi connectivity index (χ0) is 11.9. The molecule has 0 bridgehead atoms. The molecular weight excluding hydrogens is 186 g/mol. The maximum atomic E-state index is 6.04. The summed E-state index contributed by atoms with van der Waals surface area (Å²) in [5, 5.41) is 3.46. The summed E-state index contributed by atoms with van der Waals surface area (Å²) < 4.78 is 6.04. The van der Waals surface area contributed by atoms with Crippen molar-refractivity contribution < 1.29 is 4.74 Å². The van der Waals surface area contributed by atoms with Crippen LogP contribution in [0.1, 0.15) is 53.9 Å². The summed E-state index contributed by atoms with van der Waals surface area (Å²) in [6, 6.07) is 0.456. The fraction of sp³-hybridized carbons (Fsp3) is 1.00. The number of ether oxygens (including phenoxy) is 1. The Morgan fingerprint density at radius 2 is 1.67 bits per heavy atom. The summed E-state index contributed by atoms with van der Waals surface area (Å²) >= 11 is 0. The summed E-state index contributed by atoms with van der Waals surface area (Å²) in [7, 11) is 2.05. The smallest absolute Gasteiger partial charge is 0.0831 e. The summed E-state index contributed by atoms with van der Waals surface area (Å²) in [6.07, 6.45) is 3.35. The molecule has 0 radical (unpaired) electrons. The quantitative estimate of drug-likeness (QED) is 0.671. The van der Waals surface area contributed by atoms with Crippen molar-refractivity contribution >= 4 is 0 Å². The first-order valence-electron chi connectivity index (χ1n) is 6.42. The third-order valence-electron chi connectivity index (χ3n) is 3.72. The van der Waals surface area contributed by atoms with Gasteiger partial charge >= 0.3 is 0 Å². The lowest BCUT2D eigenvalue weighted by atomic mass is 9.80. The van der Waals surface area contributed by atoms with E-state index >= 15 is 0 Å². The second kappa shape index (κ2) is 7.24. The Kier molecular flexibility index (Phi) is 7.20. The molecule has 0 aliphatic rings. The van der Waals surface area contributed by atoms with Crippen LogP contribution in [-0.2, 0) is 4.74 Å². The molecule has 2 atom stereocenters. The molecular formula is C13H29NO. The van der Waals surface area contributed by atoms with Crippen LogP contribution in [0.5, 0.6) is 0 Å². The van der Waals surface area contributed by atoms with E-state index < -0.39 is 0 Å². The molecule has 0 amide bonds. The molecule has 1 N–H and O–H groups in total. The molecule has 0 aliphatic carbocycles. The maximum absolute atomic E-state index is 6.04. The lowest BCUT2D eigenvalue weighted by Gasteiger charge is -2.42. The topological polar surface area (TPSA) is 21.3 Å². The Hall–Kier alpha value is -0.0800. The predicted octanol–water partition coefficient (Wildman–Crippen LogP) is 3.22. The first-order chi connectivity index (χ1) is 7.11. The van der Waals surface area contributed by atoms with Gasteiger partial charge in [-0.05, 0) is 32.7 Å². The Bertz CT molecular complexity index is 155. The molecule has 0 aromatic carbocycles. The van der Waals surface area contributed by atoms with Crippen molar-refractivity contribution in [3.8, 4) is 0 Å². The monoisotopic (exact) mass is 215 g/mol. The van der Waals surface area contributed by atoms with Crippen molar-refractivity contribution in [2.75, 3.05) is 13.7 Å². The van der Waals surface area contributed by atoms with E-state index in [9.17, 15) is 0 Å². The van der Waals surface area contributed by atoms with Crippen LogP contribution in [0, 0.1) is 5.92 Å². The van der Waals surface area contributed by atoms with Gasteiger partial charge in [0.25, 0.3) is 0 Å². The summed E-state index contributed by atoms with van der Waals surface area (Å²) in [4.78, 5) is 0. The normalized spacial score (nSPS) is 16.4. The standard InChI is InChI=1S/C13H29NO/c1-7-11(5)12(14-6)13(8-2,9-3)15-10-4/h11-12,14H,7-10H2,1-6H3. The van der Waals surface area contributed by atoms with Crippen LogP contribution in [0.15, 0.2) is 0 Å². The van der Waals surface area contributed by atoms with Crippen LogP contribution < -0.4 is 5.32 Å². The number of nitrogens with one attached hydrogen (secondary N) is 1. The number of likely N-dealkylation sites (N-methyl/N-ethyl adjacent to an activating group) is 1. The molecule has 0 aliphatic heterocycles. The lowest BCUT2D eigenvalue weighted by molar-refractivity contribution is -0.0824. The van der Waals surface area contributed by atoms with Crippen LogP contribution in [0.4, 0.5) is 0 Å². The predicted molar refractivity (Wildman–Crippen MR) is 67.2 cm³/mol. The average Bonchev–Trinajstić information content (AvgIpc) is 2.28. The zero-order valence-corrected chi connectivity index (χ0v) is 11.4. The highest BCUT2D eigenvalue weighted by molar-refractivity contribution is 4.93. The van der Waals surface area contributed by atoms with E-state index in [0.717, 1.165) is 19.4 Å². The minimum absolute atomic E-state index is 0.0128. The molecule has 2 heteroatoms. The Labute approximate surface area is 95.8 Å². The third kappa shape index (κ3) is 3.46. The second-order valence-electron chi connectivity index (χ2n) is 4.36. The minimum atomic E-state index is 0.0128. The average molecular weight is 215 g/mol. The minimum Gasteiger partial charge on any atom is -0.374 e. The van der Waals surface area contributed by atoms with E-state index in [1.165, 1.54) is 6.42 Å². The van der Waals surface area contributed by atoms with Crippen molar-refractivity contribution in [1.82, 2.24) is 5.32 Å². The van der Waals surface area contributed by atoms with Crippen molar-refractivity contribution in [3.63, 3.8) is 0 Å². The first-order valence-corrected chi connectivity index (χ1v) is 6.42. The molecule has 0 saturated heterocycles. The molecule has 2 nitrogen and oxygen atoms in total. The summed E-state index contributed by atoms with van der Waals surface area (Å²) in [5.74, 6) is 0.654. The van der Waals surface area contributed by atoms with Gasteiger partial charge in [-0.1, -0.05) is 34.1 Å². The van der Waals surface area contributed by atoms with E-state index in [-0.39, 0.29) is 5.60 Å². The van der Waals surface area contributed by atoms with Crippen LogP contribution in [0.25, 0.3) is 0 Å². The first kappa shape index (κ1) is 14.9. The van der Waals surface area contributed by atoms with Gasteiger partial charge in [0.05, 0.1) is 5.60 Å². The van der Waals surface area contributed by atoms with Gasteiger partial charge in [0.1, 0.15) is 0 Å². The molecule has 0 aromatic heterocycles.